The highest BCUT2D eigenvalue weighted by Crippen LogP contribution is 2.23. The maximum Gasteiger partial charge on any atom is 0.123 e. The summed E-state index contributed by atoms with van der Waals surface area (Å²) in [6.07, 6.45) is 2.45. The lowest BCUT2D eigenvalue weighted by molar-refractivity contribution is 0.616. The third-order valence-corrected chi connectivity index (χ3v) is 4.08. The Morgan fingerprint density at radius 1 is 1.30 bits per heavy atom. The van der Waals surface area contributed by atoms with Gasteiger partial charge in [-0.05, 0) is 62.9 Å². The number of halogens is 1. The first-order valence-electron chi connectivity index (χ1n) is 7.11. The summed E-state index contributed by atoms with van der Waals surface area (Å²) in [6.45, 7) is 6.82. The van der Waals surface area contributed by atoms with Crippen molar-refractivity contribution in [1.82, 2.24) is 15.1 Å². The Balaban J connectivity index is 2.00. The Morgan fingerprint density at radius 2 is 2.05 bits per heavy atom. The van der Waals surface area contributed by atoms with Crippen molar-refractivity contribution >= 4 is 0 Å². The van der Waals surface area contributed by atoms with Gasteiger partial charge in [0.1, 0.15) is 5.82 Å². The average Bonchev–Trinajstić information content (AvgIpc) is 3.21. The molecule has 3 nitrogen and oxygen atoms in total. The predicted molar refractivity (Wildman–Crippen MR) is 77.6 cm³/mol. The van der Waals surface area contributed by atoms with E-state index in [9.17, 15) is 4.39 Å². The summed E-state index contributed by atoms with van der Waals surface area (Å²) in [7, 11) is 0. The van der Waals surface area contributed by atoms with E-state index in [2.05, 4.69) is 24.3 Å². The highest BCUT2D eigenvalue weighted by Gasteiger charge is 2.21. The first-order valence-corrected chi connectivity index (χ1v) is 7.11. The molecule has 1 N–H and O–H groups in total. The van der Waals surface area contributed by atoms with Crippen LogP contribution < -0.4 is 5.32 Å². The van der Waals surface area contributed by atoms with E-state index in [4.69, 9.17) is 0 Å². The molecule has 0 spiro atoms. The van der Waals surface area contributed by atoms with Crippen molar-refractivity contribution in [3.8, 4) is 5.69 Å². The molecule has 1 aromatic heterocycles. The minimum Gasteiger partial charge on any atom is -0.310 e. The lowest BCUT2D eigenvalue weighted by atomic mass is 10.1. The van der Waals surface area contributed by atoms with Crippen LogP contribution in [0.3, 0.4) is 0 Å². The number of aromatic nitrogens is 2. The van der Waals surface area contributed by atoms with Gasteiger partial charge in [0.05, 0.1) is 11.4 Å². The van der Waals surface area contributed by atoms with Crippen molar-refractivity contribution in [3.05, 3.63) is 46.5 Å². The largest absolute Gasteiger partial charge is 0.310 e. The van der Waals surface area contributed by atoms with Gasteiger partial charge in [0.2, 0.25) is 0 Å². The summed E-state index contributed by atoms with van der Waals surface area (Å²) in [5.41, 5.74) is 5.25. The number of aryl methyl sites for hydroxylation is 1. The maximum atomic E-state index is 13.5. The molecule has 20 heavy (non-hydrogen) atoms. The van der Waals surface area contributed by atoms with Gasteiger partial charge >= 0.3 is 0 Å². The Morgan fingerprint density at radius 3 is 2.65 bits per heavy atom. The molecule has 2 aromatic rings. The molecule has 1 aliphatic carbocycles. The molecule has 1 saturated carbocycles. The molecule has 1 fully saturated rings. The van der Waals surface area contributed by atoms with Crippen molar-refractivity contribution < 1.29 is 4.39 Å². The zero-order valence-corrected chi connectivity index (χ0v) is 12.2. The van der Waals surface area contributed by atoms with Crippen molar-refractivity contribution in [2.75, 3.05) is 0 Å². The second-order valence-electron chi connectivity index (χ2n) is 5.64. The first-order chi connectivity index (χ1) is 9.56. The van der Waals surface area contributed by atoms with Crippen LogP contribution in [0.15, 0.2) is 18.2 Å². The molecule has 4 heteroatoms. The molecule has 1 heterocycles. The zero-order valence-electron chi connectivity index (χ0n) is 12.2. The summed E-state index contributed by atoms with van der Waals surface area (Å²) in [5, 5.41) is 8.02. The van der Waals surface area contributed by atoms with Crippen LogP contribution in [0.4, 0.5) is 4.39 Å². The molecule has 1 aromatic carbocycles. The molecule has 0 bridgehead atoms. The van der Waals surface area contributed by atoms with E-state index >= 15 is 0 Å². The Kier molecular flexibility index (Phi) is 3.34. The molecule has 0 saturated heterocycles. The maximum absolute atomic E-state index is 13.5. The van der Waals surface area contributed by atoms with Gasteiger partial charge in [-0.3, -0.25) is 0 Å². The highest BCUT2D eigenvalue weighted by molar-refractivity contribution is 5.43. The lowest BCUT2D eigenvalue weighted by Gasteiger charge is -2.12. The summed E-state index contributed by atoms with van der Waals surface area (Å²) in [6, 6.07) is 5.53. The highest BCUT2D eigenvalue weighted by atomic mass is 19.1. The van der Waals surface area contributed by atoms with Crippen molar-refractivity contribution in [2.24, 2.45) is 0 Å². The third-order valence-electron chi connectivity index (χ3n) is 4.08. The molecule has 106 valence electrons. The molecule has 0 radical (unpaired) electrons. The van der Waals surface area contributed by atoms with E-state index < -0.39 is 0 Å². The van der Waals surface area contributed by atoms with Crippen LogP contribution >= 0.6 is 0 Å². The van der Waals surface area contributed by atoms with Crippen LogP contribution in [0.25, 0.3) is 5.69 Å². The topological polar surface area (TPSA) is 29.9 Å². The van der Waals surface area contributed by atoms with Crippen molar-refractivity contribution in [3.63, 3.8) is 0 Å². The van der Waals surface area contributed by atoms with Gasteiger partial charge in [-0.1, -0.05) is 0 Å². The molecule has 0 amide bonds. The lowest BCUT2D eigenvalue weighted by Crippen LogP contribution is -2.17. The summed E-state index contributed by atoms with van der Waals surface area (Å²) in [4.78, 5) is 0. The fourth-order valence-electron chi connectivity index (χ4n) is 2.40. The molecule has 0 aliphatic heterocycles. The normalized spacial score (nSPS) is 14.8. The monoisotopic (exact) mass is 273 g/mol. The van der Waals surface area contributed by atoms with E-state index in [0.29, 0.717) is 12.6 Å². The van der Waals surface area contributed by atoms with Crippen LogP contribution in [-0.2, 0) is 6.54 Å². The average molecular weight is 273 g/mol. The van der Waals surface area contributed by atoms with Gasteiger partial charge in [-0.15, -0.1) is 0 Å². The second-order valence-corrected chi connectivity index (χ2v) is 5.64. The molecular weight excluding hydrogens is 253 g/mol. The fourth-order valence-corrected chi connectivity index (χ4v) is 2.40. The van der Waals surface area contributed by atoms with Crippen LogP contribution in [0, 0.1) is 26.6 Å². The number of hydrogen-bond donors (Lipinski definition) is 1. The van der Waals surface area contributed by atoms with Gasteiger partial charge in [-0.2, -0.15) is 5.10 Å². The number of nitrogens with zero attached hydrogens (tertiary/aromatic N) is 2. The number of hydrogen-bond acceptors (Lipinski definition) is 2. The fraction of sp³-hybridized carbons (Fsp3) is 0.438. The Bertz CT molecular complexity index is 641. The summed E-state index contributed by atoms with van der Waals surface area (Å²) >= 11 is 0. The zero-order chi connectivity index (χ0) is 14.3. The van der Waals surface area contributed by atoms with Gasteiger partial charge in [0.25, 0.3) is 0 Å². The second kappa shape index (κ2) is 5.02. The predicted octanol–water partition coefficient (Wildman–Crippen LogP) is 3.19. The van der Waals surface area contributed by atoms with Crippen LogP contribution in [0.1, 0.15) is 35.4 Å². The van der Waals surface area contributed by atoms with Gasteiger partial charge < -0.3 is 5.32 Å². The summed E-state index contributed by atoms with van der Waals surface area (Å²) < 4.78 is 15.5. The molecule has 0 atom stereocenters. The van der Waals surface area contributed by atoms with E-state index in [1.54, 1.807) is 6.07 Å². The first kappa shape index (κ1) is 13.3. The number of nitrogens with one attached hydrogen (secondary N) is 1. The van der Waals surface area contributed by atoms with Gasteiger partial charge in [0.15, 0.2) is 0 Å². The smallest absolute Gasteiger partial charge is 0.123 e. The number of rotatable bonds is 4. The van der Waals surface area contributed by atoms with E-state index in [1.807, 2.05) is 17.7 Å². The molecule has 3 rings (SSSR count). The standard InChI is InChI=1S/C16H20FN3/c1-10-11(2)19-20(12(10)3)16-7-4-14(17)8-13(16)9-18-15-5-6-15/h4,7-8,15,18H,5-6,9H2,1-3H3. The summed E-state index contributed by atoms with van der Waals surface area (Å²) in [5.74, 6) is -0.195. The van der Waals surface area contributed by atoms with E-state index in [1.165, 1.54) is 24.5 Å². The molecular formula is C16H20FN3. The van der Waals surface area contributed by atoms with Crippen molar-refractivity contribution in [1.29, 1.82) is 0 Å². The van der Waals surface area contributed by atoms with E-state index in [-0.39, 0.29) is 5.82 Å². The van der Waals surface area contributed by atoms with E-state index in [0.717, 1.165) is 22.6 Å². The van der Waals surface area contributed by atoms with Gasteiger partial charge in [-0.25, -0.2) is 9.07 Å². The Labute approximate surface area is 118 Å². The third kappa shape index (κ3) is 2.48. The van der Waals surface area contributed by atoms with Crippen molar-refractivity contribution in [2.45, 2.75) is 46.2 Å². The number of benzene rings is 1. The van der Waals surface area contributed by atoms with Crippen LogP contribution in [0.2, 0.25) is 0 Å². The SMILES string of the molecule is Cc1nn(-c2ccc(F)cc2CNC2CC2)c(C)c1C. The van der Waals surface area contributed by atoms with Crippen LogP contribution in [-0.4, -0.2) is 15.8 Å². The quantitative estimate of drug-likeness (QED) is 0.927. The minimum absolute atomic E-state index is 0.195. The molecule has 1 aliphatic rings. The molecule has 0 unspecified atom stereocenters. The Hall–Kier alpha value is -1.68. The van der Waals surface area contributed by atoms with Gasteiger partial charge in [0, 0.05) is 18.3 Å². The minimum atomic E-state index is -0.195. The van der Waals surface area contributed by atoms with Crippen LogP contribution in [0.5, 0.6) is 0 Å².